The predicted molar refractivity (Wildman–Crippen MR) is 123 cm³/mol. The molecule has 0 saturated carbocycles. The Bertz CT molecular complexity index is 1170. The summed E-state index contributed by atoms with van der Waals surface area (Å²) in [6, 6.07) is 18.7. The quantitative estimate of drug-likeness (QED) is 0.530. The van der Waals surface area contributed by atoms with Gasteiger partial charge >= 0.3 is 0 Å². The number of hydrogen-bond donors (Lipinski definition) is 1. The van der Waals surface area contributed by atoms with E-state index in [1.165, 1.54) is 16.9 Å². The van der Waals surface area contributed by atoms with Gasteiger partial charge in [-0.15, -0.1) is 0 Å². The maximum absolute atomic E-state index is 12.7. The van der Waals surface area contributed by atoms with Gasteiger partial charge in [-0.1, -0.05) is 66.2 Å². The van der Waals surface area contributed by atoms with Crippen LogP contribution in [0.2, 0.25) is 5.02 Å². The van der Waals surface area contributed by atoms with Crippen molar-refractivity contribution in [3.8, 4) is 11.5 Å². The van der Waals surface area contributed by atoms with Crippen LogP contribution in [0.1, 0.15) is 16.1 Å². The number of amides is 1. The van der Waals surface area contributed by atoms with E-state index in [-0.39, 0.29) is 5.69 Å². The van der Waals surface area contributed by atoms with Crippen LogP contribution in [0.3, 0.4) is 0 Å². The lowest BCUT2D eigenvalue weighted by atomic mass is 10.2. The van der Waals surface area contributed by atoms with Crippen molar-refractivity contribution in [1.29, 1.82) is 0 Å². The molecule has 2 aliphatic rings. The van der Waals surface area contributed by atoms with Gasteiger partial charge in [0.1, 0.15) is 19.0 Å². The Morgan fingerprint density at radius 2 is 1.66 bits per heavy atom. The number of ether oxygens (including phenoxy) is 1. The molecule has 1 N–H and O–H groups in total. The summed E-state index contributed by atoms with van der Waals surface area (Å²) in [5, 5.41) is 12.5. The van der Waals surface area contributed by atoms with E-state index in [1.54, 1.807) is 11.0 Å². The minimum Gasteiger partial charge on any atom is -0.502 e. The molecule has 0 saturated heterocycles. The lowest BCUT2D eigenvalue weighted by Crippen LogP contribution is -2.53. The number of benzene rings is 2. The highest BCUT2D eigenvalue weighted by Crippen LogP contribution is 2.31. The molecular weight excluding hydrogens is 430 g/mol. The predicted octanol–water partition coefficient (Wildman–Crippen LogP) is 3.39. The molecule has 32 heavy (non-hydrogen) atoms. The minimum absolute atomic E-state index is 0.0408. The normalized spacial score (nSPS) is 15.8. The van der Waals surface area contributed by atoms with Crippen molar-refractivity contribution in [2.75, 3.05) is 24.8 Å². The monoisotopic (exact) mass is 451 g/mol. The van der Waals surface area contributed by atoms with Crippen molar-refractivity contribution in [3.63, 3.8) is 0 Å². The fourth-order valence-electron chi connectivity index (χ4n) is 3.52. The molecule has 7 nitrogen and oxygen atoms in total. The third-order valence-electron chi connectivity index (χ3n) is 5.07. The number of pyridine rings is 1. The number of aromatic hydroxyl groups is 1. The maximum atomic E-state index is 12.7. The Hall–Kier alpha value is -3.71. The number of halogens is 1. The van der Waals surface area contributed by atoms with Crippen LogP contribution in [-0.2, 0) is 6.54 Å². The summed E-state index contributed by atoms with van der Waals surface area (Å²) >= 11 is 6.29. The van der Waals surface area contributed by atoms with E-state index < -0.39 is 17.1 Å². The second kappa shape index (κ2) is 9.62. The van der Waals surface area contributed by atoms with Crippen molar-refractivity contribution >= 4 is 17.5 Å². The van der Waals surface area contributed by atoms with Crippen LogP contribution in [0, 0.1) is 0 Å². The molecule has 0 atom stereocenters. The average Bonchev–Trinajstić information content (AvgIpc) is 2.84. The van der Waals surface area contributed by atoms with Crippen molar-refractivity contribution in [2.24, 2.45) is 0 Å². The van der Waals surface area contributed by atoms with E-state index in [2.05, 4.69) is 0 Å². The molecular formula is C24H22ClN3O4. The Morgan fingerprint density at radius 3 is 2.38 bits per heavy atom. The molecule has 2 bridgehead atoms. The number of carbonyl (C=O) groups excluding carboxylic acids is 1. The van der Waals surface area contributed by atoms with Crippen LogP contribution in [0.5, 0.6) is 11.5 Å². The topological polar surface area (TPSA) is 75.0 Å². The number of aromatic nitrogens is 1. The van der Waals surface area contributed by atoms with Gasteiger partial charge in [0.15, 0.2) is 11.4 Å². The first kappa shape index (κ1) is 21.5. The van der Waals surface area contributed by atoms with E-state index in [9.17, 15) is 14.7 Å². The highest BCUT2D eigenvalue weighted by molar-refractivity contribution is 6.32. The Balaban J connectivity index is 0.000000354. The highest BCUT2D eigenvalue weighted by Gasteiger charge is 2.32. The summed E-state index contributed by atoms with van der Waals surface area (Å²) in [6.07, 6.45) is 5.11. The summed E-state index contributed by atoms with van der Waals surface area (Å²) in [5.74, 6) is -0.364. The lowest BCUT2D eigenvalue weighted by molar-refractivity contribution is 0.0706. The standard InChI is InChI=1S/C18H16ClN3O4.C6H6/c19-13-5-3-4-12-10-21-11-20(7-1-2-9-26-17(12)13)18(25)15-16(24)14(23)6-8-22(15)21;1-2-4-6-5-3-1/h1-6,8,24H,7,9-11H2;1-6H/b2-1-;. The molecule has 1 aromatic heterocycles. The van der Waals surface area contributed by atoms with Crippen LogP contribution in [0.25, 0.3) is 0 Å². The van der Waals surface area contributed by atoms with Crippen LogP contribution in [0.4, 0.5) is 0 Å². The molecule has 2 aliphatic heterocycles. The molecule has 3 aromatic rings. The van der Waals surface area contributed by atoms with Gasteiger partial charge in [0, 0.05) is 24.4 Å². The first-order valence-corrected chi connectivity index (χ1v) is 10.5. The van der Waals surface area contributed by atoms with E-state index in [4.69, 9.17) is 16.3 Å². The zero-order chi connectivity index (χ0) is 22.5. The summed E-state index contributed by atoms with van der Waals surface area (Å²) in [4.78, 5) is 26.1. The van der Waals surface area contributed by atoms with Gasteiger partial charge in [0.05, 0.1) is 11.6 Å². The van der Waals surface area contributed by atoms with Crippen molar-refractivity contribution in [3.05, 3.63) is 106 Å². The third-order valence-corrected chi connectivity index (χ3v) is 5.36. The van der Waals surface area contributed by atoms with Crippen LogP contribution in [0.15, 0.2) is 83.8 Å². The molecule has 164 valence electrons. The summed E-state index contributed by atoms with van der Waals surface area (Å²) < 4.78 is 7.31. The number of para-hydroxylation sites is 1. The van der Waals surface area contributed by atoms with E-state index >= 15 is 0 Å². The first-order valence-electron chi connectivity index (χ1n) is 10.1. The van der Waals surface area contributed by atoms with E-state index in [0.29, 0.717) is 37.1 Å². The number of hydrogen-bond acceptors (Lipinski definition) is 5. The molecule has 8 heteroatoms. The molecule has 2 aromatic carbocycles. The second-order valence-corrected chi connectivity index (χ2v) is 7.63. The van der Waals surface area contributed by atoms with Crippen molar-refractivity contribution in [2.45, 2.75) is 6.54 Å². The van der Waals surface area contributed by atoms with Gasteiger partial charge in [-0.2, -0.15) is 0 Å². The molecule has 0 radical (unpaired) electrons. The fourth-order valence-corrected chi connectivity index (χ4v) is 3.77. The summed E-state index contributed by atoms with van der Waals surface area (Å²) in [6.45, 7) is 1.35. The lowest BCUT2D eigenvalue weighted by Gasteiger charge is -2.39. The molecule has 0 spiro atoms. The Labute approximate surface area is 190 Å². The number of rotatable bonds is 0. The second-order valence-electron chi connectivity index (χ2n) is 7.22. The van der Waals surface area contributed by atoms with Crippen molar-refractivity contribution < 1.29 is 14.6 Å². The van der Waals surface area contributed by atoms with Crippen molar-refractivity contribution in [1.82, 2.24) is 9.58 Å². The minimum atomic E-state index is -0.585. The van der Waals surface area contributed by atoms with Gasteiger partial charge in [-0.3, -0.25) is 19.3 Å². The molecule has 0 aliphatic carbocycles. The molecule has 0 fully saturated rings. The molecule has 3 heterocycles. The van der Waals surface area contributed by atoms with Crippen LogP contribution < -0.4 is 15.2 Å². The van der Waals surface area contributed by atoms with Gasteiger partial charge in [0.25, 0.3) is 5.91 Å². The summed E-state index contributed by atoms with van der Waals surface area (Å²) in [7, 11) is 0. The van der Waals surface area contributed by atoms with Gasteiger partial charge < -0.3 is 14.7 Å². The van der Waals surface area contributed by atoms with Crippen LogP contribution in [-0.4, -0.2) is 40.4 Å². The Morgan fingerprint density at radius 1 is 0.938 bits per heavy atom. The molecule has 0 unspecified atom stereocenters. The Kier molecular flexibility index (Phi) is 6.47. The summed E-state index contributed by atoms with van der Waals surface area (Å²) in [5.41, 5.74) is 0.213. The van der Waals surface area contributed by atoms with Gasteiger partial charge in [-0.05, 0) is 12.1 Å². The number of fused-ring (bicyclic) bond motifs is 5. The van der Waals surface area contributed by atoms with Crippen LogP contribution >= 0.6 is 11.6 Å². The largest absolute Gasteiger partial charge is 0.502 e. The first-order chi connectivity index (χ1) is 15.6. The van der Waals surface area contributed by atoms with E-state index in [1.807, 2.05) is 65.7 Å². The maximum Gasteiger partial charge on any atom is 0.278 e. The van der Waals surface area contributed by atoms with Gasteiger partial charge in [-0.25, -0.2) is 0 Å². The highest BCUT2D eigenvalue weighted by atomic mass is 35.5. The molecule has 5 rings (SSSR count). The zero-order valence-electron chi connectivity index (χ0n) is 17.2. The number of nitrogens with zero attached hydrogens (tertiary/aromatic N) is 3. The number of carbonyl (C=O) groups is 1. The molecule has 1 amide bonds. The van der Waals surface area contributed by atoms with E-state index in [0.717, 1.165) is 5.56 Å². The average molecular weight is 452 g/mol. The smallest absolute Gasteiger partial charge is 0.278 e. The SMILES string of the molecule is O=C1c2c(O)c(=O)ccn2N2Cc3cccc(Cl)c3OC/C=C\CN1C2.c1ccccc1. The zero-order valence-corrected chi connectivity index (χ0v) is 18.0. The fraction of sp³-hybridized carbons (Fsp3) is 0.167. The van der Waals surface area contributed by atoms with Gasteiger partial charge in [0.2, 0.25) is 5.43 Å². The third kappa shape index (κ3) is 4.48.